The highest BCUT2D eigenvalue weighted by molar-refractivity contribution is 5.85. The summed E-state index contributed by atoms with van der Waals surface area (Å²) in [5.41, 5.74) is 9.33. The fourth-order valence-electron chi connectivity index (χ4n) is 2.88. The van der Waals surface area contributed by atoms with Crippen molar-refractivity contribution >= 4 is 18.3 Å². The van der Waals surface area contributed by atoms with Crippen LogP contribution in [0.4, 0.5) is 0 Å². The lowest BCUT2D eigenvalue weighted by Gasteiger charge is -2.30. The van der Waals surface area contributed by atoms with Crippen molar-refractivity contribution in [2.45, 2.75) is 25.3 Å². The summed E-state index contributed by atoms with van der Waals surface area (Å²) in [6, 6.07) is 18.8. The largest absolute Gasteiger partial charge is 0.342 e. The van der Waals surface area contributed by atoms with Gasteiger partial charge >= 0.3 is 0 Å². The van der Waals surface area contributed by atoms with Crippen molar-refractivity contribution in [3.05, 3.63) is 60.2 Å². The molecular formula is C19H23ClN2O. The lowest BCUT2D eigenvalue weighted by atomic mass is 10.0. The van der Waals surface area contributed by atoms with Crippen LogP contribution in [0.2, 0.25) is 0 Å². The molecule has 0 saturated carbocycles. The van der Waals surface area contributed by atoms with E-state index in [1.165, 1.54) is 11.1 Å². The van der Waals surface area contributed by atoms with Crippen LogP contribution < -0.4 is 5.73 Å². The molecule has 0 unspecified atom stereocenters. The van der Waals surface area contributed by atoms with E-state index in [1.54, 1.807) is 0 Å². The smallest absolute Gasteiger partial charge is 0.226 e. The third-order valence-corrected chi connectivity index (χ3v) is 4.31. The third kappa shape index (κ3) is 4.57. The van der Waals surface area contributed by atoms with Gasteiger partial charge in [0.25, 0.3) is 0 Å². The second kappa shape index (κ2) is 8.14. The predicted molar refractivity (Wildman–Crippen MR) is 96.6 cm³/mol. The molecule has 0 radical (unpaired) electrons. The second-order valence-electron chi connectivity index (χ2n) is 5.96. The van der Waals surface area contributed by atoms with Crippen molar-refractivity contribution in [2.24, 2.45) is 5.73 Å². The van der Waals surface area contributed by atoms with E-state index in [-0.39, 0.29) is 24.4 Å². The maximum Gasteiger partial charge on any atom is 0.226 e. The molecule has 1 fully saturated rings. The van der Waals surface area contributed by atoms with Gasteiger partial charge in [-0.25, -0.2) is 0 Å². The summed E-state index contributed by atoms with van der Waals surface area (Å²) in [5, 5.41) is 0. The van der Waals surface area contributed by atoms with Gasteiger partial charge in [0.1, 0.15) is 0 Å². The van der Waals surface area contributed by atoms with Crippen LogP contribution in [-0.2, 0) is 11.2 Å². The third-order valence-electron chi connectivity index (χ3n) is 4.31. The molecule has 2 aromatic rings. The Kier molecular flexibility index (Phi) is 6.20. The van der Waals surface area contributed by atoms with Crippen LogP contribution in [0.15, 0.2) is 54.6 Å². The highest BCUT2D eigenvalue weighted by atomic mass is 35.5. The van der Waals surface area contributed by atoms with E-state index in [9.17, 15) is 4.79 Å². The molecule has 2 aromatic carbocycles. The Hall–Kier alpha value is -1.84. The minimum Gasteiger partial charge on any atom is -0.342 e. The van der Waals surface area contributed by atoms with E-state index < -0.39 is 0 Å². The van der Waals surface area contributed by atoms with E-state index in [0.717, 1.165) is 31.5 Å². The Morgan fingerprint density at radius 3 is 2.13 bits per heavy atom. The zero-order valence-electron chi connectivity index (χ0n) is 13.2. The van der Waals surface area contributed by atoms with Gasteiger partial charge in [0.2, 0.25) is 5.91 Å². The Morgan fingerprint density at radius 2 is 1.52 bits per heavy atom. The molecule has 1 amide bonds. The molecule has 0 aromatic heterocycles. The molecule has 2 N–H and O–H groups in total. The number of nitrogens with zero attached hydrogens (tertiary/aromatic N) is 1. The number of hydrogen-bond acceptors (Lipinski definition) is 2. The van der Waals surface area contributed by atoms with Crippen LogP contribution in [0.1, 0.15) is 18.4 Å². The first kappa shape index (κ1) is 17.5. The monoisotopic (exact) mass is 330 g/mol. The standard InChI is InChI=1S/C19H22N2O.ClH/c20-18-10-12-21(13-11-18)19(22)14-15-6-8-17(9-7-15)16-4-2-1-3-5-16;/h1-9,18H,10-14,20H2;1H. The molecule has 0 atom stereocenters. The van der Waals surface area contributed by atoms with Crippen LogP contribution in [-0.4, -0.2) is 29.9 Å². The molecule has 3 nitrogen and oxygen atoms in total. The molecule has 4 heteroatoms. The van der Waals surface area contributed by atoms with Gasteiger partial charge in [-0.3, -0.25) is 4.79 Å². The number of benzene rings is 2. The van der Waals surface area contributed by atoms with Crippen molar-refractivity contribution in [1.29, 1.82) is 0 Å². The van der Waals surface area contributed by atoms with Crippen LogP contribution in [0.5, 0.6) is 0 Å². The van der Waals surface area contributed by atoms with Crippen molar-refractivity contribution in [3.8, 4) is 11.1 Å². The van der Waals surface area contributed by atoms with Gasteiger partial charge in [0.15, 0.2) is 0 Å². The lowest BCUT2D eigenvalue weighted by molar-refractivity contribution is -0.131. The minimum atomic E-state index is 0. The highest BCUT2D eigenvalue weighted by Crippen LogP contribution is 2.20. The first-order valence-corrected chi connectivity index (χ1v) is 7.90. The van der Waals surface area contributed by atoms with Crippen LogP contribution >= 0.6 is 12.4 Å². The molecule has 1 aliphatic rings. The molecule has 0 spiro atoms. The molecule has 1 heterocycles. The molecule has 1 saturated heterocycles. The second-order valence-corrected chi connectivity index (χ2v) is 5.96. The van der Waals surface area contributed by atoms with Gasteiger partial charge in [0, 0.05) is 19.1 Å². The average Bonchev–Trinajstić information content (AvgIpc) is 2.57. The lowest BCUT2D eigenvalue weighted by Crippen LogP contribution is -2.43. The minimum absolute atomic E-state index is 0. The van der Waals surface area contributed by atoms with Gasteiger partial charge in [-0.05, 0) is 29.5 Å². The van der Waals surface area contributed by atoms with E-state index >= 15 is 0 Å². The molecule has 1 aliphatic heterocycles. The maximum absolute atomic E-state index is 12.3. The number of piperidine rings is 1. The SMILES string of the molecule is Cl.NC1CCN(C(=O)Cc2ccc(-c3ccccc3)cc2)CC1. The topological polar surface area (TPSA) is 46.3 Å². The number of halogens is 1. The van der Waals surface area contributed by atoms with Gasteiger partial charge < -0.3 is 10.6 Å². The summed E-state index contributed by atoms with van der Waals surface area (Å²) in [6.07, 6.45) is 2.31. The summed E-state index contributed by atoms with van der Waals surface area (Å²) in [6.45, 7) is 1.59. The van der Waals surface area contributed by atoms with Gasteiger partial charge in [-0.1, -0.05) is 54.6 Å². The predicted octanol–water partition coefficient (Wildman–Crippen LogP) is 3.27. The summed E-state index contributed by atoms with van der Waals surface area (Å²) in [4.78, 5) is 14.3. The molecule has 122 valence electrons. The molecule has 0 bridgehead atoms. The van der Waals surface area contributed by atoms with E-state index in [4.69, 9.17) is 5.73 Å². The van der Waals surface area contributed by atoms with E-state index in [1.807, 2.05) is 23.1 Å². The van der Waals surface area contributed by atoms with Crippen molar-refractivity contribution in [2.75, 3.05) is 13.1 Å². The number of rotatable bonds is 3. The molecule has 23 heavy (non-hydrogen) atoms. The number of amides is 1. The number of carbonyl (C=O) groups excluding carboxylic acids is 1. The normalized spacial score (nSPS) is 15.1. The van der Waals surface area contributed by atoms with Crippen molar-refractivity contribution in [1.82, 2.24) is 4.90 Å². The van der Waals surface area contributed by atoms with E-state index in [2.05, 4.69) is 36.4 Å². The summed E-state index contributed by atoms with van der Waals surface area (Å²) < 4.78 is 0. The first-order valence-electron chi connectivity index (χ1n) is 7.90. The first-order chi connectivity index (χ1) is 10.7. The summed E-state index contributed by atoms with van der Waals surface area (Å²) >= 11 is 0. The van der Waals surface area contributed by atoms with Crippen molar-refractivity contribution < 1.29 is 4.79 Å². The zero-order chi connectivity index (χ0) is 15.4. The van der Waals surface area contributed by atoms with Crippen LogP contribution in [0, 0.1) is 0 Å². The zero-order valence-corrected chi connectivity index (χ0v) is 14.0. The molecule has 3 rings (SSSR count). The Bertz CT molecular complexity index is 620. The Morgan fingerprint density at radius 1 is 0.957 bits per heavy atom. The van der Waals surface area contributed by atoms with Gasteiger partial charge in [-0.15, -0.1) is 12.4 Å². The van der Waals surface area contributed by atoms with Crippen LogP contribution in [0.3, 0.4) is 0 Å². The quantitative estimate of drug-likeness (QED) is 0.938. The maximum atomic E-state index is 12.3. The fraction of sp³-hybridized carbons (Fsp3) is 0.316. The number of hydrogen-bond donors (Lipinski definition) is 1. The van der Waals surface area contributed by atoms with Gasteiger partial charge in [0.05, 0.1) is 6.42 Å². The molecular weight excluding hydrogens is 308 g/mol. The summed E-state index contributed by atoms with van der Waals surface area (Å²) in [5.74, 6) is 0.208. The van der Waals surface area contributed by atoms with Crippen LogP contribution in [0.25, 0.3) is 11.1 Å². The highest BCUT2D eigenvalue weighted by Gasteiger charge is 2.20. The fourth-order valence-corrected chi connectivity index (χ4v) is 2.88. The Balaban J connectivity index is 0.00000192. The number of carbonyl (C=O) groups is 1. The average molecular weight is 331 g/mol. The molecule has 0 aliphatic carbocycles. The van der Waals surface area contributed by atoms with Gasteiger partial charge in [-0.2, -0.15) is 0 Å². The number of likely N-dealkylation sites (tertiary alicyclic amines) is 1. The number of nitrogens with two attached hydrogens (primary N) is 1. The summed E-state index contributed by atoms with van der Waals surface area (Å²) in [7, 11) is 0. The Labute approximate surface area is 143 Å². The van der Waals surface area contributed by atoms with E-state index in [0.29, 0.717) is 6.42 Å². The van der Waals surface area contributed by atoms with Crippen molar-refractivity contribution in [3.63, 3.8) is 0 Å².